The Kier molecular flexibility index (Phi) is 11.7. The second-order valence-corrected chi connectivity index (χ2v) is 16.0. The summed E-state index contributed by atoms with van der Waals surface area (Å²) in [6, 6.07) is 8.73. The van der Waals surface area contributed by atoms with Gasteiger partial charge in [0.05, 0.1) is 12.3 Å². The lowest BCUT2D eigenvalue weighted by atomic mass is 9.73. The van der Waals surface area contributed by atoms with Crippen molar-refractivity contribution in [1.29, 1.82) is 0 Å². The number of rotatable bonds is 8. The number of hydrogen-bond donors (Lipinski definition) is 1. The van der Waals surface area contributed by atoms with Crippen LogP contribution in [0.3, 0.4) is 0 Å². The molecule has 0 radical (unpaired) electrons. The van der Waals surface area contributed by atoms with Crippen molar-refractivity contribution < 1.29 is 44.9 Å². The lowest BCUT2D eigenvalue weighted by molar-refractivity contribution is -0.0881. The van der Waals surface area contributed by atoms with Crippen LogP contribution in [0.4, 0.5) is 36.4 Å². The maximum Gasteiger partial charge on any atom is 0.421 e. The molecule has 4 aromatic rings. The van der Waals surface area contributed by atoms with Gasteiger partial charge in [-0.15, -0.1) is 0 Å². The molecule has 6 nitrogen and oxygen atoms in total. The SMILES string of the molecule is [C-]#[N+]c1c(Oc2ccc(F)cc2F)[nH]c(/C(Oc2c(C)cc(C)cc2C)=C2\N=C(Oc3ccc(F)cc3F)C(C(F)(F)F)=C2C2CCCCC2C)c1C1CCCCC1C. The van der Waals surface area contributed by atoms with Gasteiger partial charge < -0.3 is 19.2 Å². The maximum absolute atomic E-state index is 15.7. The van der Waals surface area contributed by atoms with Crippen molar-refractivity contribution in [2.75, 3.05) is 0 Å². The van der Waals surface area contributed by atoms with Crippen LogP contribution in [0.25, 0.3) is 10.6 Å². The molecule has 1 N–H and O–H groups in total. The molecule has 0 saturated heterocycles. The number of aromatic nitrogens is 1. The number of hydrogen-bond acceptors (Lipinski definition) is 4. The van der Waals surface area contributed by atoms with Gasteiger partial charge in [-0.3, -0.25) is 0 Å². The van der Waals surface area contributed by atoms with Gasteiger partial charge in [-0.05, 0) is 98.2 Å². The Bertz CT molecular complexity index is 2400. The summed E-state index contributed by atoms with van der Waals surface area (Å²) < 4.78 is 124. The van der Waals surface area contributed by atoms with Crippen LogP contribution in [0, 0.1) is 68.4 Å². The number of ether oxygens (including phenoxy) is 3. The Labute approximate surface area is 338 Å². The molecule has 0 spiro atoms. The number of nitrogens with zero attached hydrogens (tertiary/aromatic N) is 2. The van der Waals surface area contributed by atoms with E-state index in [1.165, 1.54) is 0 Å². The van der Waals surface area contributed by atoms with E-state index in [0.29, 0.717) is 60.3 Å². The third kappa shape index (κ3) is 8.36. The lowest BCUT2D eigenvalue weighted by Gasteiger charge is -2.32. The van der Waals surface area contributed by atoms with Crippen molar-refractivity contribution in [2.24, 2.45) is 22.7 Å². The smallest absolute Gasteiger partial charge is 0.421 e. The molecule has 4 atom stereocenters. The molecule has 2 heterocycles. The lowest BCUT2D eigenvalue weighted by Crippen LogP contribution is -2.28. The van der Waals surface area contributed by atoms with Gasteiger partial charge in [0.15, 0.2) is 28.9 Å². The van der Waals surface area contributed by atoms with E-state index in [1.54, 1.807) is 13.8 Å². The molecule has 2 saturated carbocycles. The van der Waals surface area contributed by atoms with Crippen LogP contribution in [0.5, 0.6) is 23.1 Å². The highest BCUT2D eigenvalue weighted by Crippen LogP contribution is 2.54. The van der Waals surface area contributed by atoms with Crippen LogP contribution >= 0.6 is 0 Å². The number of allylic oxidation sites excluding steroid dienone is 1. The average Bonchev–Trinajstić information content (AvgIpc) is 3.72. The van der Waals surface area contributed by atoms with E-state index in [0.717, 1.165) is 55.5 Å². The first kappa shape index (κ1) is 41.6. The van der Waals surface area contributed by atoms with Crippen LogP contribution < -0.4 is 14.2 Å². The number of halogens is 7. The minimum atomic E-state index is -5.07. The number of nitrogens with one attached hydrogen (secondary N) is 1. The van der Waals surface area contributed by atoms with Crippen LogP contribution in [-0.4, -0.2) is 17.1 Å². The molecule has 13 heteroatoms. The summed E-state index contributed by atoms with van der Waals surface area (Å²) in [6.07, 6.45) is 0.474. The van der Waals surface area contributed by atoms with Crippen LogP contribution in [0.2, 0.25) is 0 Å². The third-order valence-electron chi connectivity index (χ3n) is 11.7. The Morgan fingerprint density at radius 1 is 0.763 bits per heavy atom. The van der Waals surface area contributed by atoms with E-state index in [2.05, 4.69) is 14.8 Å². The molecule has 2 aliphatic carbocycles. The van der Waals surface area contributed by atoms with E-state index >= 15 is 22.0 Å². The van der Waals surface area contributed by atoms with Crippen LogP contribution in [-0.2, 0) is 0 Å². The van der Waals surface area contributed by atoms with E-state index in [4.69, 9.17) is 20.8 Å². The normalized spacial score (nSPS) is 21.9. The molecule has 4 unspecified atom stereocenters. The van der Waals surface area contributed by atoms with Gasteiger partial charge in [-0.25, -0.2) is 27.4 Å². The average molecular weight is 820 g/mol. The number of aliphatic imine (C=N–C) groups is 1. The van der Waals surface area contributed by atoms with Crippen molar-refractivity contribution in [1.82, 2.24) is 4.98 Å². The first-order valence-electron chi connectivity index (χ1n) is 19.9. The number of alkyl halides is 3. The molecular weight excluding hydrogens is 776 g/mol. The second kappa shape index (κ2) is 16.6. The molecule has 3 aliphatic rings. The third-order valence-corrected chi connectivity index (χ3v) is 11.7. The summed E-state index contributed by atoms with van der Waals surface area (Å²) in [6.45, 7) is 17.8. The molecule has 2 fully saturated rings. The summed E-state index contributed by atoms with van der Waals surface area (Å²) in [4.78, 5) is 11.6. The van der Waals surface area contributed by atoms with Crippen molar-refractivity contribution >= 4 is 17.3 Å². The molecule has 0 bridgehead atoms. The molecular formula is C46H44F7N3O3. The fourth-order valence-electron chi connectivity index (χ4n) is 9.01. The van der Waals surface area contributed by atoms with Crippen molar-refractivity contribution in [2.45, 2.75) is 98.1 Å². The monoisotopic (exact) mass is 819 g/mol. The zero-order valence-corrected chi connectivity index (χ0v) is 33.3. The highest BCUT2D eigenvalue weighted by Gasteiger charge is 2.49. The largest absolute Gasteiger partial charge is 0.452 e. The topological polar surface area (TPSA) is 60.2 Å². The molecule has 310 valence electrons. The number of aryl methyl sites for hydroxylation is 3. The summed E-state index contributed by atoms with van der Waals surface area (Å²) in [7, 11) is 0. The fourth-order valence-corrected chi connectivity index (χ4v) is 9.01. The molecule has 3 aromatic carbocycles. The van der Waals surface area contributed by atoms with Gasteiger partial charge in [-0.2, -0.15) is 13.2 Å². The quantitative estimate of drug-likeness (QED) is 0.109. The fraction of sp³-hybridized carbons (Fsp3) is 0.391. The van der Waals surface area contributed by atoms with Crippen LogP contribution in [0.15, 0.2) is 70.4 Å². The minimum Gasteiger partial charge on any atom is -0.452 e. The number of aromatic amines is 1. The van der Waals surface area contributed by atoms with Crippen molar-refractivity contribution in [3.63, 3.8) is 0 Å². The summed E-state index contributed by atoms with van der Waals surface area (Å²) in [5, 5.41) is 0. The van der Waals surface area contributed by atoms with Gasteiger partial charge in [0.2, 0.25) is 11.8 Å². The van der Waals surface area contributed by atoms with Gasteiger partial charge in [0, 0.05) is 17.7 Å². The van der Waals surface area contributed by atoms with E-state index in [9.17, 15) is 8.78 Å². The Morgan fingerprint density at radius 3 is 1.83 bits per heavy atom. The minimum absolute atomic E-state index is 0.00477. The summed E-state index contributed by atoms with van der Waals surface area (Å²) in [5.74, 6) is -7.42. The summed E-state index contributed by atoms with van der Waals surface area (Å²) >= 11 is 0. The maximum atomic E-state index is 15.7. The van der Waals surface area contributed by atoms with E-state index in [1.807, 2.05) is 32.9 Å². The molecule has 1 aromatic heterocycles. The van der Waals surface area contributed by atoms with Crippen LogP contribution in [0.1, 0.15) is 99.1 Å². The zero-order chi connectivity index (χ0) is 42.3. The van der Waals surface area contributed by atoms with E-state index in [-0.39, 0.29) is 57.8 Å². The second-order valence-electron chi connectivity index (χ2n) is 16.0. The highest BCUT2D eigenvalue weighted by molar-refractivity contribution is 6.03. The predicted molar refractivity (Wildman–Crippen MR) is 211 cm³/mol. The van der Waals surface area contributed by atoms with Crippen molar-refractivity contribution in [3.8, 4) is 23.1 Å². The molecule has 0 amide bonds. The van der Waals surface area contributed by atoms with Crippen molar-refractivity contribution in [3.05, 3.63) is 128 Å². The van der Waals surface area contributed by atoms with E-state index < -0.39 is 52.6 Å². The molecule has 59 heavy (non-hydrogen) atoms. The molecule has 1 aliphatic heterocycles. The predicted octanol–water partition coefficient (Wildman–Crippen LogP) is 14.1. The van der Waals surface area contributed by atoms with Gasteiger partial charge >= 0.3 is 6.18 Å². The Balaban J connectivity index is 1.59. The van der Waals surface area contributed by atoms with Gasteiger partial charge in [0.1, 0.15) is 28.7 Å². The molecule has 7 rings (SSSR count). The number of benzene rings is 3. The Morgan fingerprint density at radius 2 is 1.31 bits per heavy atom. The first-order chi connectivity index (χ1) is 28.0. The van der Waals surface area contributed by atoms with Gasteiger partial charge in [0.25, 0.3) is 5.69 Å². The number of H-pyrrole nitrogens is 1. The van der Waals surface area contributed by atoms with Gasteiger partial charge in [-0.1, -0.05) is 70.1 Å². The Hall–Kier alpha value is -5.51. The zero-order valence-electron chi connectivity index (χ0n) is 33.3. The highest BCUT2D eigenvalue weighted by atomic mass is 19.4. The first-order valence-corrected chi connectivity index (χ1v) is 19.9. The summed E-state index contributed by atoms with van der Waals surface area (Å²) in [5.41, 5.74) is 1.02. The standard InChI is InChI=1S/C46H44F7N3O3/c1-23-19-26(4)42(27(5)20-23)59-43(40-37(31-14-10-8-12-25(31)3)41(54-6)45(56-40)58-35-18-16-29(48)22-33(35)50)39-36(30-13-9-7-11-24(30)2)38(46(51,52)53)44(55-39)57-34-17-15-28(47)21-32(34)49/h15-22,24-25,30-31,56H,7-14H2,1-5H3/b43-39+.